The van der Waals surface area contributed by atoms with Crippen molar-refractivity contribution < 1.29 is 19.2 Å². The number of alkyl carbamates (subject to hydrolysis) is 1. The largest absolute Gasteiger partial charge is 0.483 e. The second kappa shape index (κ2) is 5.53. The van der Waals surface area contributed by atoms with Gasteiger partial charge in [-0.1, -0.05) is 6.07 Å². The van der Waals surface area contributed by atoms with Gasteiger partial charge in [0.1, 0.15) is 6.61 Å². The van der Waals surface area contributed by atoms with Crippen LogP contribution < -0.4 is 15.8 Å². The second-order valence-electron chi connectivity index (χ2n) is 3.98. The molecule has 1 aliphatic heterocycles. The fraction of sp³-hybridized carbons (Fsp3) is 0.364. The number of nitro groups is 1. The van der Waals surface area contributed by atoms with Gasteiger partial charge in [-0.05, 0) is 11.6 Å². The fourth-order valence-electron chi connectivity index (χ4n) is 1.66. The fourth-order valence-corrected chi connectivity index (χ4v) is 1.66. The van der Waals surface area contributed by atoms with Crippen LogP contribution >= 0.6 is 0 Å². The molecule has 1 heterocycles. The number of nitrogens with zero attached hydrogens (tertiary/aromatic N) is 1. The number of carbonyl (C=O) groups excluding carboxylic acids is 1. The van der Waals surface area contributed by atoms with Gasteiger partial charge in [0.25, 0.3) is 0 Å². The Labute approximate surface area is 108 Å². The van der Waals surface area contributed by atoms with E-state index in [0.717, 1.165) is 5.56 Å². The molecule has 1 amide bonds. The van der Waals surface area contributed by atoms with Crippen LogP contribution in [0.15, 0.2) is 18.2 Å². The van der Waals surface area contributed by atoms with Gasteiger partial charge >= 0.3 is 11.8 Å². The maximum absolute atomic E-state index is 10.9. The number of carbonyl (C=O) groups is 1. The summed E-state index contributed by atoms with van der Waals surface area (Å²) in [6.07, 6.45) is -0.965. The Morgan fingerprint density at radius 3 is 2.95 bits per heavy atom. The van der Waals surface area contributed by atoms with Crippen molar-refractivity contribution in [2.75, 3.05) is 13.2 Å². The van der Waals surface area contributed by atoms with Gasteiger partial charge in [-0.25, -0.2) is 4.79 Å². The van der Waals surface area contributed by atoms with E-state index in [4.69, 9.17) is 15.2 Å². The zero-order chi connectivity index (χ0) is 13.8. The summed E-state index contributed by atoms with van der Waals surface area (Å²) in [5.41, 5.74) is 6.06. The van der Waals surface area contributed by atoms with Crippen LogP contribution in [-0.2, 0) is 11.3 Å². The third-order valence-corrected chi connectivity index (χ3v) is 2.63. The van der Waals surface area contributed by atoms with Crippen LogP contribution in [0.5, 0.6) is 5.75 Å². The quantitative estimate of drug-likeness (QED) is 0.594. The van der Waals surface area contributed by atoms with Crippen LogP contribution in [-0.4, -0.2) is 30.3 Å². The van der Waals surface area contributed by atoms with E-state index in [1.165, 1.54) is 12.1 Å². The second-order valence-corrected chi connectivity index (χ2v) is 3.98. The van der Waals surface area contributed by atoms with Crippen molar-refractivity contribution in [1.82, 2.24) is 5.32 Å². The Hall–Kier alpha value is -2.35. The van der Waals surface area contributed by atoms with Crippen molar-refractivity contribution in [3.63, 3.8) is 0 Å². The van der Waals surface area contributed by atoms with Crippen molar-refractivity contribution in [2.45, 2.75) is 12.6 Å². The average Bonchev–Trinajstić information content (AvgIpc) is 2.81. The van der Waals surface area contributed by atoms with Gasteiger partial charge in [-0.2, -0.15) is 0 Å². The molecule has 0 radical (unpaired) electrons. The average molecular weight is 267 g/mol. The molecule has 1 unspecified atom stereocenters. The summed E-state index contributed by atoms with van der Waals surface area (Å²) in [5, 5.41) is 13.3. The predicted molar refractivity (Wildman–Crippen MR) is 64.8 cm³/mol. The van der Waals surface area contributed by atoms with E-state index >= 15 is 0 Å². The summed E-state index contributed by atoms with van der Waals surface area (Å²) in [5.74, 6) is 0.121. The van der Waals surface area contributed by atoms with Gasteiger partial charge in [0, 0.05) is 12.6 Å². The summed E-state index contributed by atoms with van der Waals surface area (Å²) in [6.45, 7) is 0.630. The number of nitrogens with two attached hydrogens (primary N) is 1. The molecule has 19 heavy (non-hydrogen) atoms. The Balaban J connectivity index is 2.08. The first-order chi connectivity index (χ1) is 9.10. The number of hydrogen-bond donors (Lipinski definition) is 2. The molecule has 8 heteroatoms. The SMILES string of the molecule is NCc1ccc([N+](=O)[O-])c(OCC2CNC(=O)O2)c1. The Bertz CT molecular complexity index is 505. The zero-order valence-electron chi connectivity index (χ0n) is 10.00. The van der Waals surface area contributed by atoms with Crippen LogP contribution in [0.3, 0.4) is 0 Å². The molecular weight excluding hydrogens is 254 g/mol. The Morgan fingerprint density at radius 1 is 1.58 bits per heavy atom. The minimum atomic E-state index is -0.533. The molecule has 1 aliphatic rings. The standard InChI is InChI=1S/C11H13N3O5/c12-4-7-1-2-9(14(16)17)10(3-7)18-6-8-5-13-11(15)19-8/h1-3,8H,4-6,12H2,(H,13,15). The number of ether oxygens (including phenoxy) is 2. The third-order valence-electron chi connectivity index (χ3n) is 2.63. The minimum absolute atomic E-state index is 0.0492. The van der Waals surface area contributed by atoms with Gasteiger partial charge in [0.15, 0.2) is 11.9 Å². The molecule has 0 spiro atoms. The highest BCUT2D eigenvalue weighted by atomic mass is 16.6. The monoisotopic (exact) mass is 267 g/mol. The number of rotatable bonds is 5. The third kappa shape index (κ3) is 3.10. The number of benzene rings is 1. The molecule has 1 atom stereocenters. The van der Waals surface area contributed by atoms with Crippen LogP contribution in [0.4, 0.5) is 10.5 Å². The summed E-state index contributed by atoms with van der Waals surface area (Å²) < 4.78 is 10.2. The van der Waals surface area contributed by atoms with Crippen LogP contribution in [0.25, 0.3) is 0 Å². The highest BCUT2D eigenvalue weighted by Gasteiger charge is 2.24. The summed E-state index contributed by atoms with van der Waals surface area (Å²) in [7, 11) is 0. The lowest BCUT2D eigenvalue weighted by atomic mass is 10.2. The molecule has 1 aromatic rings. The van der Waals surface area contributed by atoms with Crippen LogP contribution in [0.2, 0.25) is 0 Å². The van der Waals surface area contributed by atoms with Crippen molar-refractivity contribution in [1.29, 1.82) is 0 Å². The normalized spacial score (nSPS) is 17.7. The number of cyclic esters (lactones) is 1. The molecule has 3 N–H and O–H groups in total. The summed E-state index contributed by atoms with van der Waals surface area (Å²) >= 11 is 0. The topological polar surface area (TPSA) is 117 Å². The lowest BCUT2D eigenvalue weighted by Crippen LogP contribution is -2.22. The van der Waals surface area contributed by atoms with E-state index in [1.807, 2.05) is 0 Å². The predicted octanol–water partition coefficient (Wildman–Crippen LogP) is 0.541. The van der Waals surface area contributed by atoms with E-state index in [1.54, 1.807) is 6.07 Å². The number of nitrogens with one attached hydrogen (secondary N) is 1. The molecule has 0 aliphatic carbocycles. The maximum Gasteiger partial charge on any atom is 0.407 e. The first-order valence-corrected chi connectivity index (χ1v) is 5.65. The number of hydrogen-bond acceptors (Lipinski definition) is 6. The first kappa shape index (κ1) is 13.1. The molecule has 1 aromatic carbocycles. The highest BCUT2D eigenvalue weighted by Crippen LogP contribution is 2.28. The lowest BCUT2D eigenvalue weighted by molar-refractivity contribution is -0.385. The van der Waals surface area contributed by atoms with Gasteiger partial charge in [-0.3, -0.25) is 10.1 Å². The molecule has 102 valence electrons. The van der Waals surface area contributed by atoms with Crippen LogP contribution in [0.1, 0.15) is 5.56 Å². The van der Waals surface area contributed by atoms with Gasteiger partial charge in [0.05, 0.1) is 11.5 Å². The summed E-state index contributed by atoms with van der Waals surface area (Å²) in [4.78, 5) is 21.2. The van der Waals surface area contributed by atoms with Gasteiger partial charge < -0.3 is 20.5 Å². The number of nitro benzene ring substituents is 1. The van der Waals surface area contributed by atoms with E-state index in [9.17, 15) is 14.9 Å². The molecular formula is C11H13N3O5. The smallest absolute Gasteiger partial charge is 0.407 e. The molecule has 2 rings (SSSR count). The number of amides is 1. The molecule has 1 fully saturated rings. The van der Waals surface area contributed by atoms with Crippen molar-refractivity contribution in [3.05, 3.63) is 33.9 Å². The highest BCUT2D eigenvalue weighted by molar-refractivity contribution is 5.69. The molecule has 1 saturated heterocycles. The van der Waals surface area contributed by atoms with E-state index in [2.05, 4.69) is 5.32 Å². The molecule has 0 saturated carbocycles. The van der Waals surface area contributed by atoms with E-state index < -0.39 is 17.1 Å². The van der Waals surface area contributed by atoms with E-state index in [0.29, 0.717) is 6.54 Å². The van der Waals surface area contributed by atoms with Crippen molar-refractivity contribution in [3.8, 4) is 5.75 Å². The summed E-state index contributed by atoms with van der Waals surface area (Å²) in [6, 6.07) is 4.43. The van der Waals surface area contributed by atoms with Crippen LogP contribution in [0, 0.1) is 10.1 Å². The minimum Gasteiger partial charge on any atom is -0.483 e. The first-order valence-electron chi connectivity index (χ1n) is 5.65. The lowest BCUT2D eigenvalue weighted by Gasteiger charge is -2.11. The molecule has 0 bridgehead atoms. The van der Waals surface area contributed by atoms with Gasteiger partial charge in [0.2, 0.25) is 0 Å². The van der Waals surface area contributed by atoms with Crippen molar-refractivity contribution >= 4 is 11.8 Å². The molecule has 0 aromatic heterocycles. The van der Waals surface area contributed by atoms with Gasteiger partial charge in [-0.15, -0.1) is 0 Å². The molecule has 8 nitrogen and oxygen atoms in total. The van der Waals surface area contributed by atoms with Crippen molar-refractivity contribution in [2.24, 2.45) is 5.73 Å². The van der Waals surface area contributed by atoms with E-state index in [-0.39, 0.29) is 24.6 Å². The Kier molecular flexibility index (Phi) is 3.81. The maximum atomic E-state index is 10.9. The Morgan fingerprint density at radius 2 is 2.37 bits per heavy atom. The zero-order valence-corrected chi connectivity index (χ0v) is 10.00.